The SMILES string of the molecule is C[Si]1(C)Cc2nc3c(ccc4ncn(c43)-c3ccc(c4ccccc34)C[Si](C)(C)c3ccc(c4ccccc34)-n3cnc4ccc5oc1nc5c43)o2. The summed E-state index contributed by atoms with van der Waals surface area (Å²) in [7, 11) is -4.40. The van der Waals surface area contributed by atoms with E-state index in [1.807, 2.05) is 36.9 Å². The van der Waals surface area contributed by atoms with Gasteiger partial charge in [-0.25, -0.2) is 19.9 Å². The van der Waals surface area contributed by atoms with Crippen molar-refractivity contribution in [3.63, 3.8) is 0 Å². The van der Waals surface area contributed by atoms with Crippen LogP contribution in [0.1, 0.15) is 11.5 Å². The molecule has 0 aliphatic carbocycles. The Hall–Kier alpha value is -5.85. The molecule has 10 heteroatoms. The van der Waals surface area contributed by atoms with Crippen molar-refractivity contribution in [1.29, 1.82) is 0 Å². The smallest absolute Gasteiger partial charge is 0.193 e. The molecule has 8 nitrogen and oxygen atoms in total. The fourth-order valence-corrected chi connectivity index (χ4v) is 13.4. The van der Waals surface area contributed by atoms with Crippen molar-refractivity contribution >= 4 is 92.7 Å². The summed E-state index contributed by atoms with van der Waals surface area (Å²) in [5.74, 6) is 0.686. The number of oxazole rings is 2. The van der Waals surface area contributed by atoms with E-state index >= 15 is 0 Å². The predicted molar refractivity (Wildman–Crippen MR) is 214 cm³/mol. The Bertz CT molecular complexity index is 3110. The van der Waals surface area contributed by atoms with Crippen LogP contribution in [0.15, 0.2) is 119 Å². The first-order valence-corrected chi connectivity index (χ1v) is 24.2. The van der Waals surface area contributed by atoms with Crippen LogP contribution in [0.2, 0.25) is 26.2 Å². The third-order valence-electron chi connectivity index (χ3n) is 11.1. The summed E-state index contributed by atoms with van der Waals surface area (Å²) in [4.78, 5) is 20.1. The van der Waals surface area contributed by atoms with Gasteiger partial charge in [0.25, 0.3) is 0 Å². The average molecular weight is 711 g/mol. The minimum atomic E-state index is -2.34. The van der Waals surface area contributed by atoms with E-state index in [1.165, 1.54) is 32.3 Å². The second kappa shape index (κ2) is 10.4. The molecule has 8 bridgehead atoms. The van der Waals surface area contributed by atoms with E-state index < -0.39 is 16.1 Å². The van der Waals surface area contributed by atoms with Gasteiger partial charge in [0, 0.05) is 16.8 Å². The Balaban J connectivity index is 1.22. The van der Waals surface area contributed by atoms with Gasteiger partial charge in [-0.1, -0.05) is 92.0 Å². The van der Waals surface area contributed by atoms with E-state index in [0.717, 1.165) is 67.2 Å². The maximum absolute atomic E-state index is 6.61. The molecule has 0 N–H and O–H groups in total. The molecule has 3 aliphatic heterocycles. The van der Waals surface area contributed by atoms with Crippen LogP contribution in [-0.2, 0) is 12.1 Å². The average Bonchev–Trinajstić information content (AvgIpc) is 3.94. The van der Waals surface area contributed by atoms with Crippen molar-refractivity contribution in [2.75, 3.05) is 0 Å². The molecule has 6 aromatic carbocycles. The summed E-state index contributed by atoms with van der Waals surface area (Å²) in [5.41, 5.74) is 11.1. The zero-order valence-corrected chi connectivity index (χ0v) is 31.3. The number of hydrogen-bond donors (Lipinski definition) is 0. The van der Waals surface area contributed by atoms with Crippen molar-refractivity contribution in [3.8, 4) is 11.4 Å². The Morgan fingerprint density at radius 2 is 1.12 bits per heavy atom. The molecular weight excluding hydrogens is 677 g/mol. The Labute approximate surface area is 300 Å². The second-order valence-corrected chi connectivity index (χ2v) is 24.7. The van der Waals surface area contributed by atoms with E-state index in [1.54, 1.807) is 0 Å². The first-order valence-electron chi connectivity index (χ1n) is 17.8. The molecule has 10 aromatic rings. The molecule has 4 aromatic heterocycles. The zero-order chi connectivity index (χ0) is 34.9. The molecule has 0 unspecified atom stereocenters. The summed E-state index contributed by atoms with van der Waals surface area (Å²) in [6.45, 7) is 9.53. The third-order valence-corrected chi connectivity index (χ3v) is 16.8. The predicted octanol–water partition coefficient (Wildman–Crippen LogP) is 8.66. The van der Waals surface area contributed by atoms with Crippen molar-refractivity contribution in [1.82, 2.24) is 29.1 Å². The number of hydrogen-bond acceptors (Lipinski definition) is 6. The van der Waals surface area contributed by atoms with Crippen LogP contribution in [0.25, 0.3) is 77.2 Å². The fourth-order valence-electron chi connectivity index (χ4n) is 8.57. The number of benzene rings is 6. The molecule has 7 heterocycles. The number of rotatable bonds is 0. The maximum Gasteiger partial charge on any atom is 0.193 e. The van der Waals surface area contributed by atoms with Crippen LogP contribution in [0, 0.1) is 0 Å². The minimum absolute atomic E-state index is 0.635. The van der Waals surface area contributed by atoms with E-state index in [0.29, 0.717) is 11.9 Å². The van der Waals surface area contributed by atoms with Crippen LogP contribution in [0.4, 0.5) is 0 Å². The monoisotopic (exact) mass is 710 g/mol. The molecule has 0 radical (unpaired) electrons. The zero-order valence-electron chi connectivity index (χ0n) is 29.3. The van der Waals surface area contributed by atoms with Crippen LogP contribution >= 0.6 is 0 Å². The summed E-state index contributed by atoms with van der Waals surface area (Å²) >= 11 is 0. The lowest BCUT2D eigenvalue weighted by atomic mass is 10.0. The van der Waals surface area contributed by atoms with Gasteiger partial charge in [0.15, 0.2) is 30.6 Å². The van der Waals surface area contributed by atoms with Gasteiger partial charge in [-0.15, -0.1) is 0 Å². The normalized spacial score (nSPS) is 15.5. The van der Waals surface area contributed by atoms with E-state index in [-0.39, 0.29) is 0 Å². The van der Waals surface area contributed by atoms with Gasteiger partial charge in [-0.2, -0.15) is 0 Å². The van der Waals surface area contributed by atoms with Gasteiger partial charge >= 0.3 is 0 Å². The Morgan fingerprint density at radius 1 is 0.538 bits per heavy atom. The van der Waals surface area contributed by atoms with Gasteiger partial charge in [-0.3, -0.25) is 9.13 Å². The summed E-state index contributed by atoms with van der Waals surface area (Å²) in [6, 6.07) is 36.6. The topological polar surface area (TPSA) is 87.7 Å². The van der Waals surface area contributed by atoms with Crippen molar-refractivity contribution in [2.45, 2.75) is 38.3 Å². The molecule has 52 heavy (non-hydrogen) atoms. The quantitative estimate of drug-likeness (QED) is 0.147. The number of nitrogens with zero attached hydrogens (tertiary/aromatic N) is 6. The van der Waals surface area contributed by atoms with Crippen molar-refractivity contribution in [3.05, 3.63) is 121 Å². The van der Waals surface area contributed by atoms with E-state index in [9.17, 15) is 0 Å². The molecule has 0 saturated heterocycles. The van der Waals surface area contributed by atoms with Gasteiger partial charge in [0.2, 0.25) is 0 Å². The van der Waals surface area contributed by atoms with E-state index in [2.05, 4.69) is 108 Å². The molecular formula is C42H34N6O2Si2. The lowest BCUT2D eigenvalue weighted by Crippen LogP contribution is -2.45. The highest BCUT2D eigenvalue weighted by Gasteiger charge is 2.34. The minimum Gasteiger partial charge on any atom is -0.446 e. The Morgan fingerprint density at radius 3 is 1.81 bits per heavy atom. The standard InChI is InChI=1S/C42H34N6O2Si2/c1-51(2)21-25-13-16-32(27-10-6-5-9-26(25)27)47-23-43-30-14-18-34-38(40(30)47)45-37(49-34)22-52(3,4)42-46-39-35(50-42)19-15-31-41(39)48(24-44-31)33-17-20-36(51)29-12-8-7-11-28(29)33/h5-20,23-24H,21-22H2,1-4H3. The summed E-state index contributed by atoms with van der Waals surface area (Å²) in [5, 5.41) is 6.40. The highest BCUT2D eigenvalue weighted by Crippen LogP contribution is 2.35. The van der Waals surface area contributed by atoms with Crippen LogP contribution < -0.4 is 10.7 Å². The van der Waals surface area contributed by atoms with Crippen molar-refractivity contribution in [2.24, 2.45) is 0 Å². The number of aromatic nitrogens is 6. The maximum atomic E-state index is 6.61. The molecule has 0 atom stereocenters. The highest BCUT2D eigenvalue weighted by molar-refractivity contribution is 6.91. The lowest BCUT2D eigenvalue weighted by molar-refractivity contribution is 0.550. The van der Waals surface area contributed by atoms with Gasteiger partial charge < -0.3 is 8.83 Å². The first kappa shape index (κ1) is 29.8. The molecule has 0 spiro atoms. The van der Waals surface area contributed by atoms with Gasteiger partial charge in [0.05, 0.1) is 30.5 Å². The summed E-state index contributed by atoms with van der Waals surface area (Å²) in [6.07, 6.45) is 3.86. The Kier molecular flexibility index (Phi) is 5.95. The number of imidazole rings is 2. The van der Waals surface area contributed by atoms with Gasteiger partial charge in [-0.05, 0) is 58.8 Å². The first-order chi connectivity index (χ1) is 25.2. The second-order valence-electron chi connectivity index (χ2n) is 15.5. The van der Waals surface area contributed by atoms with Crippen LogP contribution in [0.3, 0.4) is 0 Å². The molecule has 13 rings (SSSR count). The molecule has 0 fully saturated rings. The molecule has 0 saturated carbocycles. The largest absolute Gasteiger partial charge is 0.446 e. The summed E-state index contributed by atoms with van der Waals surface area (Å²) < 4.78 is 17.5. The fraction of sp³-hybridized carbons (Fsp3) is 0.143. The molecule has 252 valence electrons. The lowest BCUT2D eigenvalue weighted by Gasteiger charge is -2.27. The highest BCUT2D eigenvalue weighted by atomic mass is 28.3. The van der Waals surface area contributed by atoms with Crippen LogP contribution in [-0.4, -0.2) is 45.2 Å². The molecule has 3 aliphatic rings. The third kappa shape index (κ3) is 4.19. The molecule has 0 amide bonds. The van der Waals surface area contributed by atoms with Gasteiger partial charge in [0.1, 0.15) is 34.7 Å². The van der Waals surface area contributed by atoms with E-state index in [4.69, 9.17) is 28.8 Å². The van der Waals surface area contributed by atoms with Crippen molar-refractivity contribution < 1.29 is 8.83 Å². The van der Waals surface area contributed by atoms with Crippen LogP contribution in [0.5, 0.6) is 0 Å².